The van der Waals surface area contributed by atoms with Gasteiger partial charge in [0.15, 0.2) is 17.5 Å². The van der Waals surface area contributed by atoms with Gasteiger partial charge in [-0.3, -0.25) is 0 Å². The van der Waals surface area contributed by atoms with Gasteiger partial charge in [-0.1, -0.05) is 164 Å². The Morgan fingerprint density at radius 1 is 0.200 bits per heavy atom. The van der Waals surface area contributed by atoms with Crippen LogP contribution in [0.1, 0.15) is 0 Å². The van der Waals surface area contributed by atoms with E-state index in [-0.39, 0.29) is 0 Å². The van der Waals surface area contributed by atoms with E-state index >= 15 is 0 Å². The van der Waals surface area contributed by atoms with E-state index in [1.165, 1.54) is 38.2 Å². The second-order valence-electron chi connectivity index (χ2n) is 12.5. The lowest BCUT2D eigenvalue weighted by atomic mass is 9.96. The first-order valence-electron chi connectivity index (χ1n) is 16.8. The lowest BCUT2D eigenvalue weighted by Gasteiger charge is -2.11. The molecule has 8 aromatic carbocycles. The maximum absolute atomic E-state index is 5.02. The van der Waals surface area contributed by atoms with Crippen LogP contribution in [0.5, 0.6) is 0 Å². The average molecular weight is 638 g/mol. The normalized spacial score (nSPS) is 11.2. The largest absolute Gasteiger partial charge is 0.208 e. The maximum Gasteiger partial charge on any atom is 0.164 e. The summed E-state index contributed by atoms with van der Waals surface area (Å²) in [6.07, 6.45) is 0. The number of rotatable bonds is 6. The van der Waals surface area contributed by atoms with Crippen LogP contribution in [0.15, 0.2) is 188 Å². The molecule has 1 heterocycles. The van der Waals surface area contributed by atoms with Crippen molar-refractivity contribution in [3.05, 3.63) is 188 Å². The van der Waals surface area contributed by atoms with Gasteiger partial charge in [-0.15, -0.1) is 0 Å². The van der Waals surface area contributed by atoms with E-state index in [2.05, 4.69) is 152 Å². The van der Waals surface area contributed by atoms with Crippen LogP contribution in [0, 0.1) is 0 Å². The minimum absolute atomic E-state index is 0.642. The summed E-state index contributed by atoms with van der Waals surface area (Å²) in [4.78, 5) is 14.9. The molecule has 0 N–H and O–H groups in total. The van der Waals surface area contributed by atoms with Crippen LogP contribution in [-0.4, -0.2) is 15.0 Å². The highest BCUT2D eigenvalue weighted by Gasteiger charge is 2.14. The summed E-state index contributed by atoms with van der Waals surface area (Å²) in [6, 6.07) is 66.0. The minimum atomic E-state index is 0.642. The Balaban J connectivity index is 1.07. The quantitative estimate of drug-likeness (QED) is 0.182. The third-order valence-electron chi connectivity index (χ3n) is 9.29. The maximum atomic E-state index is 5.02. The number of aromatic nitrogens is 3. The monoisotopic (exact) mass is 637 g/mol. The highest BCUT2D eigenvalue weighted by atomic mass is 15.0. The van der Waals surface area contributed by atoms with E-state index in [4.69, 9.17) is 15.0 Å². The van der Waals surface area contributed by atoms with Gasteiger partial charge in [0, 0.05) is 16.7 Å². The molecule has 0 bridgehead atoms. The van der Waals surface area contributed by atoms with E-state index in [0.717, 1.165) is 33.4 Å². The molecule has 0 atom stereocenters. The Labute approximate surface area is 291 Å². The van der Waals surface area contributed by atoms with E-state index in [1.54, 1.807) is 0 Å². The second-order valence-corrected chi connectivity index (χ2v) is 12.5. The Morgan fingerprint density at radius 2 is 0.540 bits per heavy atom. The summed E-state index contributed by atoms with van der Waals surface area (Å²) in [5.41, 5.74) is 9.86. The second kappa shape index (κ2) is 12.7. The van der Waals surface area contributed by atoms with Crippen LogP contribution >= 0.6 is 0 Å². The molecule has 9 rings (SSSR count). The smallest absolute Gasteiger partial charge is 0.164 e. The highest BCUT2D eigenvalue weighted by Crippen LogP contribution is 2.33. The summed E-state index contributed by atoms with van der Waals surface area (Å²) >= 11 is 0. The first-order chi connectivity index (χ1) is 24.7. The summed E-state index contributed by atoms with van der Waals surface area (Å²) in [6.45, 7) is 0. The van der Waals surface area contributed by atoms with Crippen molar-refractivity contribution in [2.24, 2.45) is 0 Å². The van der Waals surface area contributed by atoms with Crippen molar-refractivity contribution in [1.29, 1.82) is 0 Å². The van der Waals surface area contributed by atoms with Gasteiger partial charge in [0.2, 0.25) is 0 Å². The van der Waals surface area contributed by atoms with Gasteiger partial charge in [-0.05, 0) is 79.2 Å². The summed E-state index contributed by atoms with van der Waals surface area (Å²) in [7, 11) is 0. The molecule has 0 aliphatic rings. The third kappa shape index (κ3) is 5.82. The van der Waals surface area contributed by atoms with Gasteiger partial charge in [-0.2, -0.15) is 0 Å². The van der Waals surface area contributed by atoms with E-state index in [9.17, 15) is 0 Å². The molecule has 50 heavy (non-hydrogen) atoms. The molecule has 0 unspecified atom stereocenters. The molecular formula is C47H31N3. The molecule has 9 aromatic rings. The van der Waals surface area contributed by atoms with Gasteiger partial charge >= 0.3 is 0 Å². The van der Waals surface area contributed by atoms with Crippen LogP contribution in [0.3, 0.4) is 0 Å². The van der Waals surface area contributed by atoms with Crippen molar-refractivity contribution < 1.29 is 0 Å². The lowest BCUT2D eigenvalue weighted by molar-refractivity contribution is 1.07. The lowest BCUT2D eigenvalue weighted by Crippen LogP contribution is -2.00. The highest BCUT2D eigenvalue weighted by molar-refractivity contribution is 5.93. The molecule has 0 radical (unpaired) electrons. The van der Waals surface area contributed by atoms with Crippen LogP contribution in [0.2, 0.25) is 0 Å². The molecule has 0 spiro atoms. The molecule has 234 valence electrons. The summed E-state index contributed by atoms with van der Waals surface area (Å²) < 4.78 is 0. The van der Waals surface area contributed by atoms with Crippen molar-refractivity contribution in [1.82, 2.24) is 15.0 Å². The van der Waals surface area contributed by atoms with Crippen molar-refractivity contribution in [3.63, 3.8) is 0 Å². The van der Waals surface area contributed by atoms with Gasteiger partial charge in [-0.25, -0.2) is 15.0 Å². The Bertz CT molecular complexity index is 2630. The molecule has 0 aliphatic heterocycles. The van der Waals surface area contributed by atoms with Crippen molar-refractivity contribution in [3.8, 4) is 67.5 Å². The zero-order chi connectivity index (χ0) is 33.3. The standard InChI is InChI=1S/C47H31N3/c1-3-10-32(11-4-1)34-18-21-36(22-19-34)46-48-45(35-13-5-2-6-14-35)49-47(50-46)44-17-9-16-38(31-44)39-24-25-43-30-42(27-26-41(43)29-39)40-23-20-33-12-7-8-15-37(33)28-40/h1-31H. The predicted molar refractivity (Wildman–Crippen MR) is 207 cm³/mol. The number of nitrogens with zero attached hydrogens (tertiary/aromatic N) is 3. The third-order valence-corrected chi connectivity index (χ3v) is 9.29. The number of hydrogen-bond acceptors (Lipinski definition) is 3. The Kier molecular flexibility index (Phi) is 7.49. The summed E-state index contributed by atoms with van der Waals surface area (Å²) in [5.74, 6) is 1.94. The van der Waals surface area contributed by atoms with Crippen molar-refractivity contribution in [2.45, 2.75) is 0 Å². The first-order valence-corrected chi connectivity index (χ1v) is 16.8. The van der Waals surface area contributed by atoms with E-state index in [1.807, 2.05) is 36.4 Å². The Morgan fingerprint density at radius 3 is 1.14 bits per heavy atom. The molecule has 0 fully saturated rings. The topological polar surface area (TPSA) is 38.7 Å². The van der Waals surface area contributed by atoms with Crippen molar-refractivity contribution in [2.75, 3.05) is 0 Å². The first kappa shape index (κ1) is 29.4. The minimum Gasteiger partial charge on any atom is -0.208 e. The molecule has 0 saturated heterocycles. The zero-order valence-electron chi connectivity index (χ0n) is 27.2. The van der Waals surface area contributed by atoms with Crippen molar-refractivity contribution >= 4 is 21.5 Å². The molecule has 0 amide bonds. The fourth-order valence-electron chi connectivity index (χ4n) is 6.60. The van der Waals surface area contributed by atoms with Crippen LogP contribution in [0.4, 0.5) is 0 Å². The molecule has 1 aromatic heterocycles. The fraction of sp³-hybridized carbons (Fsp3) is 0. The van der Waals surface area contributed by atoms with Gasteiger partial charge in [0.05, 0.1) is 0 Å². The van der Waals surface area contributed by atoms with Crippen LogP contribution in [-0.2, 0) is 0 Å². The van der Waals surface area contributed by atoms with E-state index in [0.29, 0.717) is 17.5 Å². The Hall–Kier alpha value is -6.71. The molecule has 3 nitrogen and oxygen atoms in total. The summed E-state index contributed by atoms with van der Waals surface area (Å²) in [5, 5.41) is 4.92. The molecule has 3 heteroatoms. The molecule has 0 aliphatic carbocycles. The van der Waals surface area contributed by atoms with Crippen LogP contribution < -0.4 is 0 Å². The van der Waals surface area contributed by atoms with Crippen LogP contribution in [0.25, 0.3) is 89.1 Å². The van der Waals surface area contributed by atoms with E-state index < -0.39 is 0 Å². The number of fused-ring (bicyclic) bond motifs is 2. The molecule has 0 saturated carbocycles. The average Bonchev–Trinajstić information content (AvgIpc) is 3.21. The van der Waals surface area contributed by atoms with Gasteiger partial charge in [0.1, 0.15) is 0 Å². The predicted octanol–water partition coefficient (Wildman–Crippen LogP) is 12.2. The zero-order valence-corrected chi connectivity index (χ0v) is 27.2. The van der Waals surface area contributed by atoms with Gasteiger partial charge in [0.25, 0.3) is 0 Å². The fourth-order valence-corrected chi connectivity index (χ4v) is 6.60. The SMILES string of the molecule is c1ccc(-c2ccc(-c3nc(-c4ccccc4)nc(-c4cccc(-c5ccc6cc(-c7ccc8ccccc8c7)ccc6c5)c4)n3)cc2)cc1. The number of hydrogen-bond donors (Lipinski definition) is 0. The van der Waals surface area contributed by atoms with Gasteiger partial charge < -0.3 is 0 Å². The molecular weight excluding hydrogens is 607 g/mol. The number of benzene rings is 8.